The van der Waals surface area contributed by atoms with E-state index in [1.807, 2.05) is 0 Å². The van der Waals surface area contributed by atoms with Crippen LogP contribution in [0.4, 0.5) is 0 Å². The van der Waals surface area contributed by atoms with Gasteiger partial charge in [0.2, 0.25) is 0 Å². The fourth-order valence-corrected chi connectivity index (χ4v) is 1.22. The van der Waals surface area contributed by atoms with Gasteiger partial charge >= 0.3 is 5.97 Å². The molecule has 0 amide bonds. The van der Waals surface area contributed by atoms with Crippen molar-refractivity contribution in [3.05, 3.63) is 6.92 Å². The maximum Gasteiger partial charge on any atom is 0.303 e. The van der Waals surface area contributed by atoms with Crippen molar-refractivity contribution in [1.82, 2.24) is 0 Å². The molecule has 64 valence electrons. The molecule has 2 heteroatoms. The fraction of sp³-hybridized carbons (Fsp3) is 0.778. The van der Waals surface area contributed by atoms with Crippen molar-refractivity contribution < 1.29 is 9.90 Å². The number of aliphatic carboxylic acids is 1. The average molecular weight is 157 g/mol. The van der Waals surface area contributed by atoms with E-state index in [4.69, 9.17) is 5.11 Å². The second kappa shape index (κ2) is 5.05. The molecule has 0 fully saturated rings. The van der Waals surface area contributed by atoms with E-state index in [2.05, 4.69) is 20.8 Å². The molecule has 0 heterocycles. The van der Waals surface area contributed by atoms with Crippen molar-refractivity contribution in [2.75, 3.05) is 0 Å². The smallest absolute Gasteiger partial charge is 0.303 e. The van der Waals surface area contributed by atoms with Crippen LogP contribution in [-0.2, 0) is 4.79 Å². The lowest BCUT2D eigenvalue weighted by molar-refractivity contribution is -0.138. The normalized spacial score (nSPS) is 13.4. The first-order valence-corrected chi connectivity index (χ1v) is 4.07. The Morgan fingerprint density at radius 1 is 1.55 bits per heavy atom. The third-order valence-corrected chi connectivity index (χ3v) is 1.68. The van der Waals surface area contributed by atoms with Gasteiger partial charge in [-0.1, -0.05) is 13.8 Å². The minimum Gasteiger partial charge on any atom is -0.481 e. The highest BCUT2D eigenvalue weighted by Crippen LogP contribution is 2.18. The number of carboxylic acid groups (broad SMARTS) is 1. The maximum atomic E-state index is 10.3. The van der Waals surface area contributed by atoms with Crippen molar-refractivity contribution in [1.29, 1.82) is 0 Å². The van der Waals surface area contributed by atoms with Crippen LogP contribution in [0.1, 0.15) is 33.1 Å². The topological polar surface area (TPSA) is 37.3 Å². The van der Waals surface area contributed by atoms with Gasteiger partial charge in [-0.3, -0.25) is 4.79 Å². The van der Waals surface area contributed by atoms with Crippen molar-refractivity contribution in [3.8, 4) is 0 Å². The quantitative estimate of drug-likeness (QED) is 0.622. The number of hydrogen-bond acceptors (Lipinski definition) is 1. The van der Waals surface area contributed by atoms with Crippen LogP contribution < -0.4 is 0 Å². The number of rotatable bonds is 5. The van der Waals surface area contributed by atoms with E-state index in [1.54, 1.807) is 0 Å². The Bertz CT molecular complexity index is 119. The van der Waals surface area contributed by atoms with Gasteiger partial charge < -0.3 is 5.11 Å². The molecule has 0 aliphatic carbocycles. The first kappa shape index (κ1) is 10.3. The Balaban J connectivity index is 3.66. The van der Waals surface area contributed by atoms with E-state index >= 15 is 0 Å². The first-order valence-electron chi connectivity index (χ1n) is 4.07. The first-order chi connectivity index (χ1) is 5.06. The van der Waals surface area contributed by atoms with Crippen LogP contribution in [0.3, 0.4) is 0 Å². The largest absolute Gasteiger partial charge is 0.481 e. The van der Waals surface area contributed by atoms with Crippen molar-refractivity contribution in [3.63, 3.8) is 0 Å². The summed E-state index contributed by atoms with van der Waals surface area (Å²) in [4.78, 5) is 10.3. The highest BCUT2D eigenvalue weighted by molar-refractivity contribution is 5.66. The van der Waals surface area contributed by atoms with Crippen LogP contribution in [0.25, 0.3) is 0 Å². The molecule has 1 atom stereocenters. The Morgan fingerprint density at radius 2 is 2.09 bits per heavy atom. The van der Waals surface area contributed by atoms with Crippen molar-refractivity contribution >= 4 is 5.97 Å². The summed E-state index contributed by atoms with van der Waals surface area (Å²) < 4.78 is 0. The number of carboxylic acids is 1. The van der Waals surface area contributed by atoms with Crippen LogP contribution in [-0.4, -0.2) is 11.1 Å². The molecule has 0 aromatic rings. The molecule has 0 bridgehead atoms. The lowest BCUT2D eigenvalue weighted by Crippen LogP contribution is -2.09. The molecule has 0 spiro atoms. The molecule has 2 nitrogen and oxygen atoms in total. The zero-order valence-electron chi connectivity index (χ0n) is 7.34. The fourth-order valence-electron chi connectivity index (χ4n) is 1.22. The molecule has 0 saturated carbocycles. The van der Waals surface area contributed by atoms with E-state index in [0.717, 1.165) is 12.8 Å². The molecular formula is C9H17O2+. The van der Waals surface area contributed by atoms with Gasteiger partial charge in [0, 0.05) is 5.92 Å². The van der Waals surface area contributed by atoms with Gasteiger partial charge in [-0.05, 0) is 12.3 Å². The van der Waals surface area contributed by atoms with E-state index in [-0.39, 0.29) is 12.3 Å². The molecule has 1 N–H and O–H groups in total. The minimum atomic E-state index is -0.709. The van der Waals surface area contributed by atoms with Gasteiger partial charge in [-0.2, -0.15) is 0 Å². The van der Waals surface area contributed by atoms with Crippen LogP contribution >= 0.6 is 0 Å². The molecule has 0 rings (SSSR count). The van der Waals surface area contributed by atoms with E-state index in [0.29, 0.717) is 5.92 Å². The highest BCUT2D eigenvalue weighted by atomic mass is 16.4. The molecular weight excluding hydrogens is 140 g/mol. The van der Waals surface area contributed by atoms with Gasteiger partial charge in [0.25, 0.3) is 0 Å². The summed E-state index contributed by atoms with van der Waals surface area (Å²) in [6.45, 7) is 7.93. The molecule has 0 radical (unpaired) electrons. The Morgan fingerprint density at radius 3 is 2.36 bits per heavy atom. The summed E-state index contributed by atoms with van der Waals surface area (Å²) in [5, 5.41) is 8.50. The van der Waals surface area contributed by atoms with Gasteiger partial charge in [0.05, 0.1) is 19.8 Å². The minimum absolute atomic E-state index is 0.257. The second-order valence-corrected chi connectivity index (χ2v) is 3.38. The average Bonchev–Trinajstić information content (AvgIpc) is 1.84. The summed E-state index contributed by atoms with van der Waals surface area (Å²) >= 11 is 0. The summed E-state index contributed by atoms with van der Waals surface area (Å²) in [6, 6.07) is 0. The monoisotopic (exact) mass is 157 g/mol. The van der Waals surface area contributed by atoms with Gasteiger partial charge in [0.1, 0.15) is 0 Å². The lowest BCUT2D eigenvalue weighted by Gasteiger charge is -2.11. The van der Waals surface area contributed by atoms with Crippen molar-refractivity contribution in [2.45, 2.75) is 33.1 Å². The van der Waals surface area contributed by atoms with Gasteiger partial charge in [-0.15, -0.1) is 0 Å². The third kappa shape index (κ3) is 5.77. The molecule has 0 aromatic heterocycles. The summed E-state index contributed by atoms with van der Waals surface area (Å²) in [6.07, 6.45) is 1.96. The number of hydrogen-bond donors (Lipinski definition) is 1. The maximum absolute atomic E-state index is 10.3. The van der Waals surface area contributed by atoms with Crippen LogP contribution in [0.15, 0.2) is 0 Å². The molecule has 11 heavy (non-hydrogen) atoms. The zero-order chi connectivity index (χ0) is 8.85. The van der Waals surface area contributed by atoms with E-state index in [9.17, 15) is 4.79 Å². The highest BCUT2D eigenvalue weighted by Gasteiger charge is 2.15. The Hall–Kier alpha value is -0.660. The SMILES string of the molecule is [CH2+]CC(CC(=O)O)CC(C)C. The Kier molecular flexibility index (Phi) is 4.75. The predicted molar refractivity (Wildman–Crippen MR) is 45.2 cm³/mol. The molecule has 0 aromatic carbocycles. The zero-order valence-corrected chi connectivity index (χ0v) is 7.34. The Labute approximate surface area is 68.6 Å². The number of carbonyl (C=O) groups is 1. The second-order valence-electron chi connectivity index (χ2n) is 3.38. The predicted octanol–water partition coefficient (Wildman–Crippen LogP) is 2.35. The molecule has 0 aliphatic heterocycles. The van der Waals surface area contributed by atoms with Crippen molar-refractivity contribution in [2.24, 2.45) is 11.8 Å². The van der Waals surface area contributed by atoms with E-state index < -0.39 is 5.97 Å². The van der Waals surface area contributed by atoms with Crippen LogP contribution in [0.2, 0.25) is 0 Å². The third-order valence-electron chi connectivity index (χ3n) is 1.68. The summed E-state index contributed by atoms with van der Waals surface area (Å²) in [7, 11) is 0. The summed E-state index contributed by atoms with van der Waals surface area (Å²) in [5.41, 5.74) is 0. The lowest BCUT2D eigenvalue weighted by atomic mass is 9.92. The van der Waals surface area contributed by atoms with E-state index in [1.165, 1.54) is 0 Å². The van der Waals surface area contributed by atoms with Crippen LogP contribution in [0, 0.1) is 18.8 Å². The van der Waals surface area contributed by atoms with Gasteiger partial charge in [-0.25, -0.2) is 0 Å². The molecule has 1 unspecified atom stereocenters. The molecule has 0 saturated heterocycles. The van der Waals surface area contributed by atoms with Crippen LogP contribution in [0.5, 0.6) is 0 Å². The summed E-state index contributed by atoms with van der Waals surface area (Å²) in [5.74, 6) is 0.118. The standard InChI is InChI=1S/C9H16O2/c1-4-8(5-7(2)3)6-9(10)11/h7-8H,1,4-6H2,2-3H3/p+1. The van der Waals surface area contributed by atoms with Gasteiger partial charge in [0.15, 0.2) is 0 Å². The molecule has 0 aliphatic rings.